The Bertz CT molecular complexity index is 1180. The van der Waals surface area contributed by atoms with Crippen LogP contribution in [0.4, 0.5) is 5.13 Å². The van der Waals surface area contributed by atoms with Crippen molar-refractivity contribution in [2.75, 3.05) is 24.3 Å². The number of hydrogen-bond donors (Lipinski definition) is 2. The number of amides is 1. The van der Waals surface area contributed by atoms with E-state index in [9.17, 15) is 19.5 Å². The highest BCUT2D eigenvalue weighted by Gasteiger charge is 2.54. The number of nitrogen functional groups attached to an aromatic ring is 1. The lowest BCUT2D eigenvalue weighted by Crippen LogP contribution is -2.62. The summed E-state index contributed by atoms with van der Waals surface area (Å²) in [4.78, 5) is 47.9. The minimum atomic E-state index is -1.19. The molecule has 2 aliphatic heterocycles. The van der Waals surface area contributed by atoms with Crippen LogP contribution in [0.2, 0.25) is 0 Å². The van der Waals surface area contributed by atoms with Crippen LogP contribution in [0, 0.1) is 5.92 Å². The molecule has 0 saturated carbocycles. The van der Waals surface area contributed by atoms with Crippen LogP contribution in [0.1, 0.15) is 12.1 Å². The Morgan fingerprint density at radius 2 is 2.24 bits per heavy atom. The van der Waals surface area contributed by atoms with Crippen LogP contribution < -0.4 is 5.73 Å². The van der Waals surface area contributed by atoms with Crippen molar-refractivity contribution in [2.45, 2.75) is 17.0 Å². The number of fused-ring (bicyclic) bond motifs is 1. The van der Waals surface area contributed by atoms with Gasteiger partial charge in [0.15, 0.2) is 16.6 Å². The number of thiazole rings is 1. The van der Waals surface area contributed by atoms with Gasteiger partial charge in [0, 0.05) is 30.4 Å². The zero-order valence-corrected chi connectivity index (χ0v) is 19.8. The molecular formula is C17H18N8O5S3. The number of carbonyl (C=O) groups excluding carboxylic acids is 2. The molecular weight excluding hydrogens is 492 g/mol. The smallest absolute Gasteiger partial charge is 0.352 e. The number of aliphatic carboxylic acids is 1. The largest absolute Gasteiger partial charge is 0.477 e. The average Bonchev–Trinajstić information content (AvgIpc) is 3.40. The van der Waals surface area contributed by atoms with Crippen LogP contribution in [0.25, 0.3) is 0 Å². The number of tetrazole rings is 1. The first-order valence-corrected chi connectivity index (χ1v) is 12.3. The monoisotopic (exact) mass is 510 g/mol. The van der Waals surface area contributed by atoms with Crippen molar-refractivity contribution < 1.29 is 24.3 Å². The first-order valence-electron chi connectivity index (χ1n) is 9.42. The molecule has 4 rings (SSSR count). The molecule has 0 spiro atoms. The first-order chi connectivity index (χ1) is 15.8. The summed E-state index contributed by atoms with van der Waals surface area (Å²) in [5, 5.41) is 26.7. The van der Waals surface area contributed by atoms with Crippen LogP contribution in [0.15, 0.2) is 27.0 Å². The van der Waals surface area contributed by atoms with E-state index in [1.165, 1.54) is 40.2 Å². The number of anilines is 1. The maximum absolute atomic E-state index is 12.9. The Hall–Kier alpha value is -2.98. The topological polar surface area (TPSA) is 179 Å². The molecule has 1 fully saturated rings. The molecule has 16 heteroatoms. The van der Waals surface area contributed by atoms with Crippen molar-refractivity contribution in [3.8, 4) is 0 Å². The maximum Gasteiger partial charge on any atom is 0.352 e. The minimum absolute atomic E-state index is 0.0270. The summed E-state index contributed by atoms with van der Waals surface area (Å²) in [6.45, 7) is 0. The molecule has 174 valence electrons. The number of thioether (sulfide) groups is 2. The van der Waals surface area contributed by atoms with Crippen molar-refractivity contribution >= 4 is 63.4 Å². The van der Waals surface area contributed by atoms with Gasteiger partial charge in [-0.05, 0) is 16.0 Å². The normalized spacial score (nSPS) is 20.5. The van der Waals surface area contributed by atoms with Crippen molar-refractivity contribution in [1.29, 1.82) is 0 Å². The standard InChI is InChI=1S/C17H18N8O5S3/c1-24-17(20-22-23-24)33-5-7-4-31-14-8(13(27)25(14)12(7)15(28)29)3-10(26)11(21-30-2)9-6-32-16(18)19-9/h6,8,14H,3-5H2,1-2H3,(H2,18,19)(H,28,29)/b21-11-/t8-,14-/m1/s1. The Kier molecular flexibility index (Phi) is 6.66. The lowest BCUT2D eigenvalue weighted by molar-refractivity contribution is -0.153. The number of aryl methyl sites for hydroxylation is 1. The summed E-state index contributed by atoms with van der Waals surface area (Å²) in [5.74, 6) is -2.00. The van der Waals surface area contributed by atoms with E-state index in [2.05, 4.69) is 25.7 Å². The summed E-state index contributed by atoms with van der Waals surface area (Å²) >= 11 is 3.86. The number of aromatic nitrogens is 5. The van der Waals surface area contributed by atoms with Crippen molar-refractivity contribution in [3.63, 3.8) is 0 Å². The number of ketones is 1. The fourth-order valence-corrected chi connectivity index (χ4v) is 6.40. The zero-order valence-electron chi connectivity index (χ0n) is 17.4. The highest BCUT2D eigenvalue weighted by molar-refractivity contribution is 8.01. The number of nitrogens with zero attached hydrogens (tertiary/aromatic N) is 7. The van der Waals surface area contributed by atoms with Gasteiger partial charge in [-0.1, -0.05) is 16.9 Å². The molecule has 2 atom stereocenters. The molecule has 3 N–H and O–H groups in total. The summed E-state index contributed by atoms with van der Waals surface area (Å²) < 4.78 is 1.48. The predicted octanol–water partition coefficient (Wildman–Crippen LogP) is 0.221. The van der Waals surface area contributed by atoms with Gasteiger partial charge < -0.3 is 15.7 Å². The second-order valence-corrected chi connectivity index (χ2v) is 9.91. The number of β-lactam (4-membered cyclic amide) rings is 1. The second kappa shape index (κ2) is 9.48. The van der Waals surface area contributed by atoms with E-state index in [-0.39, 0.29) is 28.7 Å². The predicted molar refractivity (Wildman–Crippen MR) is 120 cm³/mol. The maximum atomic E-state index is 12.9. The lowest BCUT2D eigenvalue weighted by Gasteiger charge is -2.49. The van der Waals surface area contributed by atoms with Gasteiger partial charge in [-0.15, -0.1) is 28.2 Å². The first kappa shape index (κ1) is 23.2. The molecule has 0 radical (unpaired) electrons. The Morgan fingerprint density at radius 3 is 2.85 bits per heavy atom. The van der Waals surface area contributed by atoms with E-state index in [0.29, 0.717) is 22.2 Å². The number of Topliss-reactive ketones (excluding diaryl/α,β-unsaturated/α-hetero) is 1. The van der Waals surface area contributed by atoms with Gasteiger partial charge in [-0.25, -0.2) is 14.5 Å². The number of oxime groups is 1. The van der Waals surface area contributed by atoms with Gasteiger partial charge in [-0.3, -0.25) is 14.5 Å². The minimum Gasteiger partial charge on any atom is -0.477 e. The van der Waals surface area contributed by atoms with Gasteiger partial charge in [0.05, 0.1) is 11.3 Å². The van der Waals surface area contributed by atoms with Gasteiger partial charge >= 0.3 is 5.97 Å². The summed E-state index contributed by atoms with van der Waals surface area (Å²) in [6.07, 6.45) is -0.145. The molecule has 0 aliphatic carbocycles. The van der Waals surface area contributed by atoms with E-state index >= 15 is 0 Å². The quantitative estimate of drug-likeness (QED) is 0.203. The van der Waals surface area contributed by atoms with Gasteiger partial charge in [-0.2, -0.15) is 0 Å². The number of hydrogen-bond acceptors (Lipinski definition) is 13. The fraction of sp³-hybridized carbons (Fsp3) is 0.412. The fourth-order valence-electron chi connectivity index (χ4n) is 3.45. The van der Waals surface area contributed by atoms with E-state index in [1.54, 1.807) is 12.4 Å². The lowest BCUT2D eigenvalue weighted by atomic mass is 9.89. The van der Waals surface area contributed by atoms with Crippen molar-refractivity contribution in [1.82, 2.24) is 30.1 Å². The molecule has 0 aromatic carbocycles. The summed E-state index contributed by atoms with van der Waals surface area (Å²) in [6, 6.07) is 0. The molecule has 2 aliphatic rings. The van der Waals surface area contributed by atoms with Crippen molar-refractivity contribution in [2.24, 2.45) is 18.1 Å². The van der Waals surface area contributed by atoms with Crippen LogP contribution in [-0.4, -0.2) is 82.6 Å². The van der Waals surface area contributed by atoms with Gasteiger partial charge in [0.25, 0.3) is 0 Å². The van der Waals surface area contributed by atoms with Gasteiger partial charge in [0.1, 0.15) is 18.5 Å². The molecule has 4 heterocycles. The highest BCUT2D eigenvalue weighted by Crippen LogP contribution is 2.46. The van der Waals surface area contributed by atoms with E-state index < -0.39 is 29.0 Å². The molecule has 0 bridgehead atoms. The summed E-state index contributed by atoms with van der Waals surface area (Å²) in [7, 11) is 2.99. The number of nitrogens with two attached hydrogens (primary N) is 1. The van der Waals surface area contributed by atoms with E-state index in [1.807, 2.05) is 0 Å². The Morgan fingerprint density at radius 1 is 1.45 bits per heavy atom. The average molecular weight is 511 g/mol. The zero-order chi connectivity index (χ0) is 23.7. The van der Waals surface area contributed by atoms with E-state index in [0.717, 1.165) is 11.3 Å². The van der Waals surface area contributed by atoms with Crippen LogP contribution >= 0.6 is 34.9 Å². The highest BCUT2D eigenvalue weighted by atomic mass is 32.2. The number of carbonyl (C=O) groups is 3. The molecule has 13 nitrogen and oxygen atoms in total. The molecule has 1 saturated heterocycles. The number of carboxylic acid groups (broad SMARTS) is 1. The third-order valence-corrected chi connectivity index (χ3v) is 8.10. The Balaban J connectivity index is 1.49. The second-order valence-electron chi connectivity index (χ2n) is 6.97. The molecule has 0 unspecified atom stereocenters. The molecule has 2 aromatic rings. The molecule has 33 heavy (non-hydrogen) atoms. The SMILES string of the molecule is CO/N=C(\C(=O)C[C@@H]1C(=O)N2C(C(=O)O)=C(CSc3nnnn3C)CS[C@H]12)c1csc(N)n1. The molecule has 2 aromatic heterocycles. The number of rotatable bonds is 9. The summed E-state index contributed by atoms with van der Waals surface area (Å²) in [5.41, 5.74) is 6.43. The third-order valence-electron chi connectivity index (χ3n) is 4.93. The third kappa shape index (κ3) is 4.45. The van der Waals surface area contributed by atoms with Crippen LogP contribution in [0.3, 0.4) is 0 Å². The molecule has 1 amide bonds. The number of carboxylic acids is 1. The van der Waals surface area contributed by atoms with Crippen molar-refractivity contribution in [3.05, 3.63) is 22.3 Å². The van der Waals surface area contributed by atoms with Gasteiger partial charge in [0.2, 0.25) is 11.1 Å². The van der Waals surface area contributed by atoms with E-state index in [4.69, 9.17) is 10.6 Å². The Labute approximate surface area is 199 Å². The van der Waals surface area contributed by atoms with Crippen LogP contribution in [0.5, 0.6) is 0 Å². The van der Waals surface area contributed by atoms with Crippen LogP contribution in [-0.2, 0) is 26.3 Å².